The molecule has 2 rings (SSSR count). The summed E-state index contributed by atoms with van der Waals surface area (Å²) in [6.45, 7) is 0.550. The zero-order valence-electron chi connectivity index (χ0n) is 8.59. The largest absolute Gasteiger partial charge is 0.465 e. The average molecular weight is 212 g/mol. The molecule has 2 bridgehead atoms. The van der Waals surface area contributed by atoms with Gasteiger partial charge in [0, 0.05) is 6.61 Å². The summed E-state index contributed by atoms with van der Waals surface area (Å²) in [7, 11) is 0. The fraction of sp³-hybridized carbons (Fsp3) is 0.727. The molecule has 1 saturated heterocycles. The molecule has 2 heterocycles. The molecule has 0 aliphatic carbocycles. The molecule has 1 N–H and O–H groups in total. The van der Waals surface area contributed by atoms with E-state index in [9.17, 15) is 4.79 Å². The predicted octanol–water partition coefficient (Wildman–Crippen LogP) is 0.646. The number of hydrogen-bond donors (Lipinski definition) is 1. The van der Waals surface area contributed by atoms with Gasteiger partial charge in [0.15, 0.2) is 0 Å². The summed E-state index contributed by atoms with van der Waals surface area (Å²) in [6, 6.07) is 0. The van der Waals surface area contributed by atoms with Crippen molar-refractivity contribution in [1.29, 1.82) is 0 Å². The maximum Gasteiger partial charge on any atom is 0.312 e. The van der Waals surface area contributed by atoms with E-state index in [2.05, 4.69) is 0 Å². The third-order valence-corrected chi connectivity index (χ3v) is 2.83. The Bertz CT molecular complexity index is 261. The van der Waals surface area contributed by atoms with Gasteiger partial charge >= 0.3 is 5.97 Å². The topological polar surface area (TPSA) is 55.8 Å². The Kier molecular flexibility index (Phi) is 3.38. The van der Waals surface area contributed by atoms with Crippen molar-refractivity contribution in [1.82, 2.24) is 0 Å². The van der Waals surface area contributed by atoms with E-state index in [1.165, 1.54) is 0 Å². The minimum absolute atomic E-state index is 0.0691. The summed E-state index contributed by atoms with van der Waals surface area (Å²) < 4.78 is 10.6. The molecule has 0 aromatic heterocycles. The predicted molar refractivity (Wildman–Crippen MR) is 53.2 cm³/mol. The monoisotopic (exact) mass is 212 g/mol. The zero-order chi connectivity index (χ0) is 10.7. The zero-order valence-corrected chi connectivity index (χ0v) is 8.59. The van der Waals surface area contributed by atoms with Gasteiger partial charge in [-0.25, -0.2) is 0 Å². The second kappa shape index (κ2) is 4.77. The van der Waals surface area contributed by atoms with Crippen molar-refractivity contribution in [3.05, 3.63) is 12.2 Å². The van der Waals surface area contributed by atoms with E-state index >= 15 is 0 Å². The van der Waals surface area contributed by atoms with Crippen molar-refractivity contribution in [2.24, 2.45) is 5.92 Å². The van der Waals surface area contributed by atoms with Crippen LogP contribution in [0.15, 0.2) is 12.2 Å². The second-order valence-electron chi connectivity index (χ2n) is 3.96. The van der Waals surface area contributed by atoms with Crippen LogP contribution in [0.5, 0.6) is 0 Å². The summed E-state index contributed by atoms with van der Waals surface area (Å²) in [6.07, 6.45) is 6.14. The number of carbonyl (C=O) groups excluding carboxylic acids is 1. The molecule has 0 spiro atoms. The van der Waals surface area contributed by atoms with Gasteiger partial charge in [-0.15, -0.1) is 0 Å². The highest BCUT2D eigenvalue weighted by Gasteiger charge is 2.41. The molecule has 1 fully saturated rings. The van der Waals surface area contributed by atoms with Crippen molar-refractivity contribution in [3.8, 4) is 0 Å². The molecule has 2 aliphatic rings. The first-order valence-electron chi connectivity index (χ1n) is 5.42. The Morgan fingerprint density at radius 2 is 2.33 bits per heavy atom. The van der Waals surface area contributed by atoms with Crippen LogP contribution in [0.2, 0.25) is 0 Å². The number of rotatable bonds is 5. The van der Waals surface area contributed by atoms with Crippen LogP contribution in [0.25, 0.3) is 0 Å². The summed E-state index contributed by atoms with van der Waals surface area (Å²) in [5.41, 5.74) is 0. The minimum Gasteiger partial charge on any atom is -0.465 e. The van der Waals surface area contributed by atoms with E-state index in [4.69, 9.17) is 14.6 Å². The molecule has 15 heavy (non-hydrogen) atoms. The van der Waals surface area contributed by atoms with Gasteiger partial charge in [-0.2, -0.15) is 0 Å². The van der Waals surface area contributed by atoms with Crippen molar-refractivity contribution in [3.63, 3.8) is 0 Å². The highest BCUT2D eigenvalue weighted by Crippen LogP contribution is 2.34. The van der Waals surface area contributed by atoms with Crippen molar-refractivity contribution in [2.45, 2.75) is 31.5 Å². The molecule has 0 saturated carbocycles. The van der Waals surface area contributed by atoms with Crippen LogP contribution in [0.3, 0.4) is 0 Å². The number of aliphatic hydroxyl groups excluding tert-OH is 1. The molecule has 3 unspecified atom stereocenters. The van der Waals surface area contributed by atoms with E-state index in [0.29, 0.717) is 13.0 Å². The lowest BCUT2D eigenvalue weighted by molar-refractivity contribution is -0.149. The Morgan fingerprint density at radius 1 is 1.47 bits per heavy atom. The molecule has 0 aromatic rings. The third-order valence-electron chi connectivity index (χ3n) is 2.83. The normalized spacial score (nSPS) is 32.2. The number of aliphatic hydroxyl groups is 1. The van der Waals surface area contributed by atoms with Crippen molar-refractivity contribution < 1.29 is 19.4 Å². The van der Waals surface area contributed by atoms with E-state index < -0.39 is 0 Å². The molecular weight excluding hydrogens is 196 g/mol. The van der Waals surface area contributed by atoms with Gasteiger partial charge in [0.2, 0.25) is 0 Å². The summed E-state index contributed by atoms with van der Waals surface area (Å²) in [4.78, 5) is 11.6. The summed E-state index contributed by atoms with van der Waals surface area (Å²) >= 11 is 0. The number of esters is 1. The first-order chi connectivity index (χ1) is 7.31. The number of carbonyl (C=O) groups is 1. The Morgan fingerprint density at radius 3 is 2.93 bits per heavy atom. The molecule has 84 valence electrons. The van der Waals surface area contributed by atoms with Crippen LogP contribution in [0.4, 0.5) is 0 Å². The van der Waals surface area contributed by atoms with Gasteiger partial charge in [-0.3, -0.25) is 4.79 Å². The van der Waals surface area contributed by atoms with Gasteiger partial charge in [0.25, 0.3) is 0 Å². The van der Waals surface area contributed by atoms with E-state index in [1.54, 1.807) is 0 Å². The van der Waals surface area contributed by atoms with Crippen LogP contribution >= 0.6 is 0 Å². The SMILES string of the molecule is O=C(OCCCCO)C1CC2C=CC1O2. The van der Waals surface area contributed by atoms with Gasteiger partial charge in [0.1, 0.15) is 0 Å². The van der Waals surface area contributed by atoms with Crippen LogP contribution in [0.1, 0.15) is 19.3 Å². The first-order valence-corrected chi connectivity index (χ1v) is 5.42. The van der Waals surface area contributed by atoms with Gasteiger partial charge in [-0.1, -0.05) is 12.2 Å². The van der Waals surface area contributed by atoms with Gasteiger partial charge in [0.05, 0.1) is 24.7 Å². The highest BCUT2D eigenvalue weighted by molar-refractivity contribution is 5.74. The number of fused-ring (bicyclic) bond motifs is 2. The molecular formula is C11H16O4. The van der Waals surface area contributed by atoms with E-state index in [1.807, 2.05) is 12.2 Å². The molecule has 0 radical (unpaired) electrons. The minimum atomic E-state index is -0.162. The molecule has 0 amide bonds. The quantitative estimate of drug-likeness (QED) is 0.413. The second-order valence-corrected chi connectivity index (χ2v) is 3.96. The first kappa shape index (κ1) is 10.6. The molecule has 0 aromatic carbocycles. The summed E-state index contributed by atoms with van der Waals surface area (Å²) in [5, 5.41) is 8.56. The van der Waals surface area contributed by atoms with Crippen LogP contribution in [-0.2, 0) is 14.3 Å². The lowest BCUT2D eigenvalue weighted by atomic mass is 9.95. The fourth-order valence-corrected chi connectivity index (χ4v) is 2.00. The lowest BCUT2D eigenvalue weighted by Gasteiger charge is -2.14. The third kappa shape index (κ3) is 2.38. The van der Waals surface area contributed by atoms with Gasteiger partial charge < -0.3 is 14.6 Å². The lowest BCUT2D eigenvalue weighted by Crippen LogP contribution is -2.25. The maximum atomic E-state index is 11.6. The van der Waals surface area contributed by atoms with E-state index in [0.717, 1.165) is 12.8 Å². The Balaban J connectivity index is 1.70. The Labute approximate surface area is 88.9 Å². The summed E-state index contributed by atoms with van der Waals surface area (Å²) in [5.74, 6) is -0.279. The molecule has 2 aliphatic heterocycles. The highest BCUT2D eigenvalue weighted by atomic mass is 16.5. The van der Waals surface area contributed by atoms with E-state index in [-0.39, 0.29) is 30.7 Å². The average Bonchev–Trinajstić information content (AvgIpc) is 2.85. The van der Waals surface area contributed by atoms with Crippen LogP contribution in [0, 0.1) is 5.92 Å². The van der Waals surface area contributed by atoms with Crippen molar-refractivity contribution in [2.75, 3.05) is 13.2 Å². The Hall–Kier alpha value is -0.870. The standard InChI is InChI=1S/C11H16O4/c12-5-1-2-6-14-11(13)9-7-8-3-4-10(9)15-8/h3-4,8-10,12H,1-2,5-7H2. The number of unbranched alkanes of at least 4 members (excludes halogenated alkanes) is 1. The number of ether oxygens (including phenoxy) is 2. The number of hydrogen-bond acceptors (Lipinski definition) is 4. The molecule has 4 heteroatoms. The molecule has 3 atom stereocenters. The van der Waals surface area contributed by atoms with Crippen LogP contribution < -0.4 is 0 Å². The van der Waals surface area contributed by atoms with Gasteiger partial charge in [-0.05, 0) is 19.3 Å². The molecule has 4 nitrogen and oxygen atoms in total. The van der Waals surface area contributed by atoms with Crippen LogP contribution in [-0.4, -0.2) is 36.5 Å². The smallest absolute Gasteiger partial charge is 0.312 e. The fourth-order valence-electron chi connectivity index (χ4n) is 2.00. The van der Waals surface area contributed by atoms with Crippen molar-refractivity contribution >= 4 is 5.97 Å². The maximum absolute atomic E-state index is 11.6.